The normalized spacial score (nSPS) is 11.8. The van der Waals surface area contributed by atoms with Crippen molar-refractivity contribution < 1.29 is 4.42 Å². The van der Waals surface area contributed by atoms with Gasteiger partial charge in [0.15, 0.2) is 0 Å². The molecule has 196 valence electrons. The third-order valence-electron chi connectivity index (χ3n) is 8.65. The highest BCUT2D eigenvalue weighted by molar-refractivity contribution is 6.21. The van der Waals surface area contributed by atoms with Gasteiger partial charge in [-0.25, -0.2) is 0 Å². The van der Waals surface area contributed by atoms with Crippen molar-refractivity contribution in [2.45, 2.75) is 0 Å². The van der Waals surface area contributed by atoms with E-state index in [0.29, 0.717) is 0 Å². The molecule has 42 heavy (non-hydrogen) atoms. The number of aromatic amines is 1. The zero-order chi connectivity index (χ0) is 27.6. The molecule has 9 rings (SSSR count). The molecular formula is C40H25NO. The minimum Gasteiger partial charge on any atom is -0.456 e. The molecule has 7 aromatic carbocycles. The summed E-state index contributed by atoms with van der Waals surface area (Å²) in [6, 6.07) is 52.0. The van der Waals surface area contributed by atoms with Gasteiger partial charge in [0, 0.05) is 32.6 Å². The molecule has 2 nitrogen and oxygen atoms in total. The summed E-state index contributed by atoms with van der Waals surface area (Å²) in [5.74, 6) is 0. The van der Waals surface area contributed by atoms with Gasteiger partial charge in [-0.05, 0) is 56.8 Å². The van der Waals surface area contributed by atoms with E-state index in [4.69, 9.17) is 4.42 Å². The van der Waals surface area contributed by atoms with Crippen molar-refractivity contribution in [1.82, 2.24) is 4.98 Å². The number of rotatable bonds is 3. The van der Waals surface area contributed by atoms with Gasteiger partial charge in [0.25, 0.3) is 0 Å². The molecule has 0 atom stereocenters. The SMILES string of the molecule is c1ccc(-c2cccc3ccccc23)c(-c2ccc3c([nH]c4ccccc43)c2-c2cccc3oc4ccccc4c23)c1. The number of hydrogen-bond donors (Lipinski definition) is 1. The van der Waals surface area contributed by atoms with Gasteiger partial charge in [-0.2, -0.15) is 0 Å². The number of furan rings is 1. The molecule has 2 aromatic heterocycles. The number of hydrogen-bond acceptors (Lipinski definition) is 1. The van der Waals surface area contributed by atoms with E-state index in [2.05, 4.69) is 145 Å². The largest absolute Gasteiger partial charge is 0.456 e. The second-order valence-corrected chi connectivity index (χ2v) is 10.9. The van der Waals surface area contributed by atoms with Crippen LogP contribution < -0.4 is 0 Å². The summed E-state index contributed by atoms with van der Waals surface area (Å²) in [7, 11) is 0. The summed E-state index contributed by atoms with van der Waals surface area (Å²) >= 11 is 0. The van der Waals surface area contributed by atoms with E-state index in [9.17, 15) is 0 Å². The molecule has 0 amide bonds. The molecule has 0 saturated carbocycles. The first-order chi connectivity index (χ1) is 20.8. The molecule has 0 aliphatic heterocycles. The highest BCUT2D eigenvalue weighted by Gasteiger charge is 2.21. The maximum atomic E-state index is 6.36. The van der Waals surface area contributed by atoms with Crippen molar-refractivity contribution in [2.24, 2.45) is 0 Å². The van der Waals surface area contributed by atoms with E-state index in [0.717, 1.165) is 38.5 Å². The third kappa shape index (κ3) is 3.33. The summed E-state index contributed by atoms with van der Waals surface area (Å²) < 4.78 is 6.36. The Kier molecular flexibility index (Phi) is 4.93. The Labute approximate surface area is 242 Å². The molecule has 1 N–H and O–H groups in total. The van der Waals surface area contributed by atoms with Crippen LogP contribution in [0.25, 0.3) is 87.9 Å². The standard InChI is InChI=1S/C40H25NO/c1-2-13-26-25(11-1)12-9-18-27(26)28-14-3-4-15-29(28)31-23-24-32-30-16-5-7-20-35(30)41-40(32)39(31)34-19-10-22-37-38(34)33-17-6-8-21-36(33)42-37/h1-24,41H. The zero-order valence-corrected chi connectivity index (χ0v) is 22.8. The second kappa shape index (κ2) is 8.95. The Bertz CT molecular complexity index is 2470. The molecule has 0 saturated heterocycles. The molecule has 2 heteroatoms. The lowest BCUT2D eigenvalue weighted by molar-refractivity contribution is 0.669. The molecule has 0 fully saturated rings. The van der Waals surface area contributed by atoms with Gasteiger partial charge in [0.2, 0.25) is 0 Å². The number of benzene rings is 7. The monoisotopic (exact) mass is 535 g/mol. The van der Waals surface area contributed by atoms with Crippen molar-refractivity contribution in [2.75, 3.05) is 0 Å². The maximum Gasteiger partial charge on any atom is 0.136 e. The highest BCUT2D eigenvalue weighted by Crippen LogP contribution is 2.47. The van der Waals surface area contributed by atoms with Crippen LogP contribution in [0.2, 0.25) is 0 Å². The predicted molar refractivity (Wildman–Crippen MR) is 177 cm³/mol. The fourth-order valence-corrected chi connectivity index (χ4v) is 6.82. The van der Waals surface area contributed by atoms with E-state index < -0.39 is 0 Å². The molecule has 0 aliphatic carbocycles. The molecule has 0 bridgehead atoms. The quantitative estimate of drug-likeness (QED) is 0.239. The maximum absolute atomic E-state index is 6.36. The van der Waals surface area contributed by atoms with Gasteiger partial charge in [-0.1, -0.05) is 127 Å². The van der Waals surface area contributed by atoms with E-state index in [1.807, 2.05) is 6.07 Å². The second-order valence-electron chi connectivity index (χ2n) is 10.9. The van der Waals surface area contributed by atoms with Crippen molar-refractivity contribution in [3.05, 3.63) is 146 Å². The highest BCUT2D eigenvalue weighted by atomic mass is 16.3. The molecule has 0 aliphatic rings. The van der Waals surface area contributed by atoms with Crippen molar-refractivity contribution >= 4 is 54.5 Å². The summed E-state index contributed by atoms with van der Waals surface area (Å²) in [6.45, 7) is 0. The van der Waals surface area contributed by atoms with Crippen LogP contribution in [0.15, 0.2) is 150 Å². The third-order valence-corrected chi connectivity index (χ3v) is 8.65. The summed E-state index contributed by atoms with van der Waals surface area (Å²) in [4.78, 5) is 3.82. The van der Waals surface area contributed by atoms with Crippen molar-refractivity contribution in [3.8, 4) is 33.4 Å². The molecular weight excluding hydrogens is 510 g/mol. The van der Waals surface area contributed by atoms with Gasteiger partial charge >= 0.3 is 0 Å². The van der Waals surface area contributed by atoms with Gasteiger partial charge in [-0.3, -0.25) is 0 Å². The van der Waals surface area contributed by atoms with Crippen LogP contribution in [0.3, 0.4) is 0 Å². The summed E-state index contributed by atoms with van der Waals surface area (Å²) in [5.41, 5.74) is 11.3. The van der Waals surface area contributed by atoms with Crippen LogP contribution in [-0.4, -0.2) is 4.98 Å². The minimum absolute atomic E-state index is 0.898. The van der Waals surface area contributed by atoms with Crippen LogP contribution in [-0.2, 0) is 0 Å². The average Bonchev–Trinajstić information content (AvgIpc) is 3.63. The first-order valence-electron chi connectivity index (χ1n) is 14.4. The van der Waals surface area contributed by atoms with Crippen LogP contribution in [0.5, 0.6) is 0 Å². The van der Waals surface area contributed by atoms with Crippen molar-refractivity contribution in [3.63, 3.8) is 0 Å². The molecule has 0 radical (unpaired) electrons. The fraction of sp³-hybridized carbons (Fsp3) is 0. The molecule has 9 aromatic rings. The van der Waals surface area contributed by atoms with Crippen LogP contribution >= 0.6 is 0 Å². The minimum atomic E-state index is 0.898. The predicted octanol–water partition coefficient (Wildman–Crippen LogP) is 11.4. The van der Waals surface area contributed by atoms with E-state index >= 15 is 0 Å². The fourth-order valence-electron chi connectivity index (χ4n) is 6.82. The summed E-state index contributed by atoms with van der Waals surface area (Å²) in [5, 5.41) is 7.21. The van der Waals surface area contributed by atoms with Gasteiger partial charge < -0.3 is 9.40 Å². The average molecular weight is 536 g/mol. The number of H-pyrrole nitrogens is 1. The van der Waals surface area contributed by atoms with Gasteiger partial charge in [-0.15, -0.1) is 0 Å². The van der Waals surface area contributed by atoms with Crippen LogP contribution in [0.1, 0.15) is 0 Å². The lowest BCUT2D eigenvalue weighted by atomic mass is 9.86. The van der Waals surface area contributed by atoms with Crippen LogP contribution in [0, 0.1) is 0 Å². The number of para-hydroxylation sites is 2. The Morgan fingerprint density at radius 1 is 0.381 bits per heavy atom. The van der Waals surface area contributed by atoms with Crippen LogP contribution in [0.4, 0.5) is 0 Å². The van der Waals surface area contributed by atoms with Gasteiger partial charge in [0.1, 0.15) is 11.2 Å². The lowest BCUT2D eigenvalue weighted by Crippen LogP contribution is -1.92. The van der Waals surface area contributed by atoms with E-state index in [1.165, 1.54) is 49.4 Å². The molecule has 0 unspecified atom stereocenters. The number of nitrogens with one attached hydrogen (secondary N) is 1. The topological polar surface area (TPSA) is 28.9 Å². The van der Waals surface area contributed by atoms with E-state index in [-0.39, 0.29) is 0 Å². The molecule has 2 heterocycles. The lowest BCUT2D eigenvalue weighted by Gasteiger charge is -2.17. The van der Waals surface area contributed by atoms with E-state index in [1.54, 1.807) is 0 Å². The Morgan fingerprint density at radius 2 is 1.00 bits per heavy atom. The van der Waals surface area contributed by atoms with Gasteiger partial charge in [0.05, 0.1) is 5.52 Å². The smallest absolute Gasteiger partial charge is 0.136 e. The summed E-state index contributed by atoms with van der Waals surface area (Å²) in [6.07, 6.45) is 0. The number of aromatic nitrogens is 1. The number of fused-ring (bicyclic) bond motifs is 7. The first kappa shape index (κ1) is 23.1. The first-order valence-corrected chi connectivity index (χ1v) is 14.4. The van der Waals surface area contributed by atoms with Crippen molar-refractivity contribution in [1.29, 1.82) is 0 Å². The Morgan fingerprint density at radius 3 is 1.90 bits per heavy atom. The Balaban J connectivity index is 1.44. The Hall–Kier alpha value is -5.60. The molecule has 0 spiro atoms. The zero-order valence-electron chi connectivity index (χ0n) is 22.8.